The summed E-state index contributed by atoms with van der Waals surface area (Å²) >= 11 is 0. The molecule has 0 unspecified atom stereocenters. The van der Waals surface area contributed by atoms with Gasteiger partial charge in [-0.05, 0) is 44.9 Å². The molecule has 2 aliphatic rings. The van der Waals surface area contributed by atoms with Crippen molar-refractivity contribution in [3.05, 3.63) is 29.3 Å². The van der Waals surface area contributed by atoms with E-state index in [9.17, 15) is 22.0 Å². The fourth-order valence-corrected chi connectivity index (χ4v) is 5.12. The lowest BCUT2D eigenvalue weighted by molar-refractivity contribution is 0.0168. The summed E-state index contributed by atoms with van der Waals surface area (Å²) in [5.74, 6) is -2.28. The van der Waals surface area contributed by atoms with Crippen LogP contribution in [0.3, 0.4) is 0 Å². The summed E-state index contributed by atoms with van der Waals surface area (Å²) in [6.45, 7) is 1.66. The zero-order valence-corrected chi connectivity index (χ0v) is 16.0. The summed E-state index contributed by atoms with van der Waals surface area (Å²) in [6.07, 6.45) is -0.402. The van der Waals surface area contributed by atoms with Crippen molar-refractivity contribution in [1.82, 2.24) is 5.32 Å². The number of hydrogen-bond donors (Lipinski definition) is 2. The number of anilines is 1. The summed E-state index contributed by atoms with van der Waals surface area (Å²) in [5.41, 5.74) is 4.63. The van der Waals surface area contributed by atoms with Crippen LogP contribution < -0.4 is 16.0 Å². The molecule has 1 amide bonds. The molecule has 3 rings (SSSR count). The monoisotopic (exact) mass is 403 g/mol. The smallest absolute Gasteiger partial charge is 0.416 e. The molecule has 7 nitrogen and oxygen atoms in total. The van der Waals surface area contributed by atoms with Gasteiger partial charge in [0.2, 0.25) is 0 Å². The van der Waals surface area contributed by atoms with Crippen LogP contribution in [-0.2, 0) is 14.6 Å². The van der Waals surface area contributed by atoms with Crippen molar-refractivity contribution >= 4 is 21.6 Å². The van der Waals surface area contributed by atoms with Crippen LogP contribution in [0, 0.1) is 11.6 Å². The van der Waals surface area contributed by atoms with Crippen molar-refractivity contribution in [2.45, 2.75) is 37.5 Å². The number of likely N-dealkylation sites (N-methyl/N-ethyl adjacent to an activating group) is 1. The van der Waals surface area contributed by atoms with Gasteiger partial charge in [-0.15, -0.1) is 0 Å². The lowest BCUT2D eigenvalue weighted by atomic mass is 9.92. The first-order valence-electron chi connectivity index (χ1n) is 8.73. The molecule has 1 aromatic rings. The average molecular weight is 403 g/mol. The number of ether oxygens (including phenoxy) is 1. The molecule has 0 bridgehead atoms. The van der Waals surface area contributed by atoms with Crippen molar-refractivity contribution in [2.24, 2.45) is 5.73 Å². The van der Waals surface area contributed by atoms with Gasteiger partial charge in [-0.3, -0.25) is 10.2 Å². The second kappa shape index (κ2) is 6.99. The molecule has 0 aromatic heterocycles. The van der Waals surface area contributed by atoms with Gasteiger partial charge < -0.3 is 10.5 Å². The molecule has 10 heteroatoms. The first-order chi connectivity index (χ1) is 12.6. The molecule has 27 heavy (non-hydrogen) atoms. The molecule has 2 saturated heterocycles. The number of nitrogens with one attached hydrogen (secondary N) is 1. The third-order valence-corrected chi connectivity index (χ3v) is 7.10. The molecule has 2 heterocycles. The van der Waals surface area contributed by atoms with E-state index in [-0.39, 0.29) is 42.1 Å². The number of halogens is 2. The Balaban J connectivity index is 1.88. The Kier molecular flexibility index (Phi) is 5.17. The minimum atomic E-state index is -3.14. The molecule has 2 atom stereocenters. The Morgan fingerprint density at radius 3 is 2.30 bits per heavy atom. The molecule has 0 aliphatic carbocycles. The molecule has 0 radical (unpaired) electrons. The van der Waals surface area contributed by atoms with Gasteiger partial charge in [0.15, 0.2) is 5.72 Å². The van der Waals surface area contributed by atoms with Crippen LogP contribution in [0.5, 0.6) is 0 Å². The van der Waals surface area contributed by atoms with Crippen LogP contribution in [0.15, 0.2) is 12.1 Å². The molecule has 1 aromatic carbocycles. The van der Waals surface area contributed by atoms with Crippen LogP contribution in [-0.4, -0.2) is 51.4 Å². The predicted molar refractivity (Wildman–Crippen MR) is 96.3 cm³/mol. The number of sulfone groups is 1. The van der Waals surface area contributed by atoms with E-state index >= 15 is 0 Å². The SMILES string of the molecule is CN[C@]1([C@H](C)N)CN(c2cc(F)c(C3CCS(=O)(=O)CC3)c(F)c2)C(=O)O1. The van der Waals surface area contributed by atoms with Gasteiger partial charge in [0.05, 0.1) is 29.8 Å². The highest BCUT2D eigenvalue weighted by Crippen LogP contribution is 2.36. The highest BCUT2D eigenvalue weighted by Gasteiger charge is 2.48. The minimum Gasteiger partial charge on any atom is -0.424 e. The van der Waals surface area contributed by atoms with Crippen LogP contribution >= 0.6 is 0 Å². The lowest BCUT2D eigenvalue weighted by Gasteiger charge is -2.30. The lowest BCUT2D eigenvalue weighted by Crippen LogP contribution is -2.58. The first kappa shape index (κ1) is 20.0. The van der Waals surface area contributed by atoms with Crippen LogP contribution in [0.4, 0.5) is 19.3 Å². The maximum absolute atomic E-state index is 14.7. The van der Waals surface area contributed by atoms with Crippen molar-refractivity contribution < 1.29 is 26.7 Å². The number of carbonyl (C=O) groups excluding carboxylic acids is 1. The summed E-state index contributed by atoms with van der Waals surface area (Å²) in [4.78, 5) is 13.4. The van der Waals surface area contributed by atoms with Gasteiger partial charge >= 0.3 is 6.09 Å². The molecular formula is C17H23F2N3O4S. The molecule has 150 valence electrons. The maximum atomic E-state index is 14.7. The number of carbonyl (C=O) groups is 1. The molecular weight excluding hydrogens is 380 g/mol. The quantitative estimate of drug-likeness (QED) is 0.790. The summed E-state index contributed by atoms with van der Waals surface area (Å²) in [6, 6.07) is 1.61. The van der Waals surface area contributed by atoms with E-state index in [2.05, 4.69) is 5.32 Å². The molecule has 3 N–H and O–H groups in total. The summed E-state index contributed by atoms with van der Waals surface area (Å²) in [5, 5.41) is 2.85. The topological polar surface area (TPSA) is 102 Å². The Morgan fingerprint density at radius 2 is 1.85 bits per heavy atom. The van der Waals surface area contributed by atoms with Crippen LogP contribution in [0.1, 0.15) is 31.2 Å². The number of benzene rings is 1. The Labute approximate surface area is 156 Å². The van der Waals surface area contributed by atoms with Gasteiger partial charge in [-0.1, -0.05) is 0 Å². The van der Waals surface area contributed by atoms with Crippen LogP contribution in [0.25, 0.3) is 0 Å². The van der Waals surface area contributed by atoms with Gasteiger partial charge in [-0.2, -0.15) is 0 Å². The van der Waals surface area contributed by atoms with E-state index in [1.165, 1.54) is 0 Å². The summed E-state index contributed by atoms with van der Waals surface area (Å²) in [7, 11) is -1.55. The molecule has 0 spiro atoms. The standard InChI is InChI=1S/C17H23F2N3O4S/c1-10(20)17(21-2)9-22(16(23)26-17)12-7-13(18)15(14(19)8-12)11-3-5-27(24,25)6-4-11/h7-8,10-11,21H,3-6,9,20H2,1-2H3/t10-,17+/m0/s1. The van der Waals surface area contributed by atoms with Crippen molar-refractivity contribution in [3.8, 4) is 0 Å². The van der Waals surface area contributed by atoms with Gasteiger partial charge in [0, 0.05) is 5.56 Å². The fourth-order valence-electron chi connectivity index (χ4n) is 3.63. The second-order valence-electron chi connectivity index (χ2n) is 7.13. The fraction of sp³-hybridized carbons (Fsp3) is 0.588. The van der Waals surface area contributed by atoms with Gasteiger partial charge in [0.1, 0.15) is 21.5 Å². The molecule has 2 aliphatic heterocycles. The molecule has 0 saturated carbocycles. The number of nitrogens with two attached hydrogens (primary N) is 1. The zero-order chi connectivity index (χ0) is 20.0. The highest BCUT2D eigenvalue weighted by atomic mass is 32.2. The van der Waals surface area contributed by atoms with E-state index in [1.54, 1.807) is 14.0 Å². The van der Waals surface area contributed by atoms with Gasteiger partial charge in [0.25, 0.3) is 0 Å². The Morgan fingerprint density at radius 1 is 1.30 bits per heavy atom. The van der Waals surface area contributed by atoms with Crippen molar-refractivity contribution in [1.29, 1.82) is 0 Å². The third kappa shape index (κ3) is 3.65. The number of cyclic esters (lactones) is 1. The largest absolute Gasteiger partial charge is 0.424 e. The number of rotatable bonds is 4. The zero-order valence-electron chi connectivity index (χ0n) is 15.2. The van der Waals surface area contributed by atoms with Crippen molar-refractivity contribution in [3.63, 3.8) is 0 Å². The van der Waals surface area contributed by atoms with E-state index < -0.39 is 45.2 Å². The van der Waals surface area contributed by atoms with Crippen molar-refractivity contribution in [2.75, 3.05) is 30.0 Å². The second-order valence-corrected chi connectivity index (χ2v) is 9.44. The van der Waals surface area contributed by atoms with E-state index in [1.807, 2.05) is 0 Å². The first-order valence-corrected chi connectivity index (χ1v) is 10.5. The number of amides is 1. The third-order valence-electron chi connectivity index (χ3n) is 5.38. The number of hydrogen-bond acceptors (Lipinski definition) is 6. The van der Waals surface area contributed by atoms with E-state index in [0.29, 0.717) is 0 Å². The number of nitrogens with zero attached hydrogens (tertiary/aromatic N) is 1. The van der Waals surface area contributed by atoms with Gasteiger partial charge in [-0.25, -0.2) is 22.0 Å². The normalized spacial score (nSPS) is 26.9. The van der Waals surface area contributed by atoms with E-state index in [4.69, 9.17) is 10.5 Å². The summed E-state index contributed by atoms with van der Waals surface area (Å²) < 4.78 is 57.8. The van der Waals surface area contributed by atoms with E-state index in [0.717, 1.165) is 17.0 Å². The minimum absolute atomic E-state index is 0.000100. The average Bonchev–Trinajstić information content (AvgIpc) is 2.94. The van der Waals surface area contributed by atoms with Crippen LogP contribution in [0.2, 0.25) is 0 Å². The highest BCUT2D eigenvalue weighted by molar-refractivity contribution is 7.91. The molecule has 2 fully saturated rings. The Bertz CT molecular complexity index is 825. The Hall–Kier alpha value is -1.78. The predicted octanol–water partition coefficient (Wildman–Crippen LogP) is 1.48. The maximum Gasteiger partial charge on any atom is 0.416 e.